The van der Waals surface area contributed by atoms with Crippen molar-refractivity contribution in [2.24, 2.45) is 0 Å². The number of urea groups is 1. The molecule has 1 aromatic carbocycles. The maximum atomic E-state index is 12.5. The van der Waals surface area contributed by atoms with Crippen LogP contribution in [0.5, 0.6) is 0 Å². The molecule has 3 amide bonds. The number of ketones is 1. The van der Waals surface area contributed by atoms with Gasteiger partial charge in [0.05, 0.1) is 5.69 Å². The van der Waals surface area contributed by atoms with Gasteiger partial charge < -0.3 is 10.6 Å². The molecule has 174 valence electrons. The SMILES string of the molecule is C#CCCC(=O)CCCCN1CCc2c(sc(NC(=O)Nc3ccc(Cl)cc3)c2NC=O)C1. The highest BCUT2D eigenvalue weighted by molar-refractivity contribution is 7.17. The van der Waals surface area contributed by atoms with Crippen molar-refractivity contribution in [3.05, 3.63) is 39.7 Å². The summed E-state index contributed by atoms with van der Waals surface area (Å²) >= 11 is 7.35. The minimum Gasteiger partial charge on any atom is -0.326 e. The lowest BCUT2D eigenvalue weighted by Crippen LogP contribution is -2.30. The predicted molar refractivity (Wildman–Crippen MR) is 134 cm³/mol. The molecule has 0 aliphatic carbocycles. The van der Waals surface area contributed by atoms with Crippen LogP contribution in [0.25, 0.3) is 0 Å². The molecule has 1 aliphatic rings. The molecule has 3 N–H and O–H groups in total. The van der Waals surface area contributed by atoms with Crippen molar-refractivity contribution in [1.82, 2.24) is 4.90 Å². The number of nitrogens with one attached hydrogen (secondary N) is 3. The number of rotatable bonds is 11. The van der Waals surface area contributed by atoms with E-state index in [1.54, 1.807) is 24.3 Å². The molecular formula is C24H27ClN4O3S. The van der Waals surface area contributed by atoms with E-state index in [1.807, 2.05) is 0 Å². The van der Waals surface area contributed by atoms with Gasteiger partial charge in [0.1, 0.15) is 10.8 Å². The Morgan fingerprint density at radius 1 is 1.18 bits per heavy atom. The Balaban J connectivity index is 1.56. The Labute approximate surface area is 202 Å². The second kappa shape index (κ2) is 12.4. The van der Waals surface area contributed by atoms with Crippen molar-refractivity contribution >= 4 is 57.5 Å². The maximum absolute atomic E-state index is 12.5. The van der Waals surface area contributed by atoms with Crippen LogP contribution < -0.4 is 16.0 Å². The molecule has 0 bridgehead atoms. The van der Waals surface area contributed by atoms with E-state index in [9.17, 15) is 14.4 Å². The first-order valence-corrected chi connectivity index (χ1v) is 12.1. The minimum atomic E-state index is -0.392. The number of carbonyl (C=O) groups excluding carboxylic acids is 3. The first-order valence-electron chi connectivity index (χ1n) is 10.9. The fourth-order valence-electron chi connectivity index (χ4n) is 3.74. The molecule has 1 aromatic heterocycles. The first kappa shape index (κ1) is 24.8. The van der Waals surface area contributed by atoms with E-state index in [4.69, 9.17) is 18.0 Å². The third-order valence-corrected chi connectivity index (χ3v) is 6.78. The van der Waals surface area contributed by atoms with Gasteiger partial charge >= 0.3 is 6.03 Å². The number of hydrogen-bond donors (Lipinski definition) is 3. The highest BCUT2D eigenvalue weighted by Crippen LogP contribution is 2.41. The van der Waals surface area contributed by atoms with Gasteiger partial charge in [-0.3, -0.25) is 19.8 Å². The summed E-state index contributed by atoms with van der Waals surface area (Å²) in [6.07, 6.45) is 9.96. The summed E-state index contributed by atoms with van der Waals surface area (Å²) in [5.74, 6) is 2.73. The van der Waals surface area contributed by atoms with Gasteiger partial charge in [0.25, 0.3) is 0 Å². The fraction of sp³-hybridized carbons (Fsp3) is 0.375. The van der Waals surface area contributed by atoms with Gasteiger partial charge in [-0.25, -0.2) is 4.79 Å². The number of terminal acetylenes is 1. The van der Waals surface area contributed by atoms with E-state index in [1.165, 1.54) is 11.3 Å². The average Bonchev–Trinajstić information content (AvgIpc) is 3.13. The maximum Gasteiger partial charge on any atom is 0.324 e. The number of benzene rings is 1. The molecule has 0 saturated carbocycles. The third-order valence-electron chi connectivity index (χ3n) is 5.40. The number of thiophene rings is 1. The molecule has 0 saturated heterocycles. The number of anilines is 3. The normalized spacial score (nSPS) is 13.0. The summed E-state index contributed by atoms with van der Waals surface area (Å²) in [5.41, 5.74) is 2.34. The Morgan fingerprint density at radius 3 is 2.70 bits per heavy atom. The molecule has 33 heavy (non-hydrogen) atoms. The number of hydrogen-bond acceptors (Lipinski definition) is 5. The van der Waals surface area contributed by atoms with Gasteiger partial charge in [0.15, 0.2) is 0 Å². The van der Waals surface area contributed by atoms with Crippen LogP contribution in [-0.4, -0.2) is 36.2 Å². The van der Waals surface area contributed by atoms with Crippen molar-refractivity contribution in [2.75, 3.05) is 29.0 Å². The van der Waals surface area contributed by atoms with E-state index < -0.39 is 6.03 Å². The van der Waals surface area contributed by atoms with Gasteiger partial charge in [0.2, 0.25) is 6.41 Å². The van der Waals surface area contributed by atoms with Crippen LogP contribution in [0.15, 0.2) is 24.3 Å². The summed E-state index contributed by atoms with van der Waals surface area (Å²) in [6, 6.07) is 6.43. The molecule has 0 unspecified atom stereocenters. The van der Waals surface area contributed by atoms with E-state index in [-0.39, 0.29) is 5.78 Å². The van der Waals surface area contributed by atoms with Gasteiger partial charge in [-0.15, -0.1) is 23.7 Å². The lowest BCUT2D eigenvalue weighted by atomic mass is 10.1. The number of carbonyl (C=O) groups is 3. The molecular weight excluding hydrogens is 460 g/mol. The highest BCUT2D eigenvalue weighted by Gasteiger charge is 2.25. The Hall–Kier alpha value is -2.86. The van der Waals surface area contributed by atoms with Crippen LogP contribution in [-0.2, 0) is 22.6 Å². The summed E-state index contributed by atoms with van der Waals surface area (Å²) in [5, 5.41) is 9.58. The zero-order valence-electron chi connectivity index (χ0n) is 18.3. The van der Waals surface area contributed by atoms with Crippen LogP contribution in [0, 0.1) is 12.3 Å². The minimum absolute atomic E-state index is 0.226. The number of unbranched alkanes of at least 4 members (excludes halogenated alkanes) is 1. The lowest BCUT2D eigenvalue weighted by Gasteiger charge is -2.27. The number of Topliss-reactive ketones (excluding diaryl/α,β-unsaturated/α-hetero) is 1. The smallest absolute Gasteiger partial charge is 0.324 e. The molecule has 3 rings (SSSR count). The Morgan fingerprint density at radius 2 is 1.97 bits per heavy atom. The topological polar surface area (TPSA) is 90.5 Å². The Kier molecular flexibility index (Phi) is 9.31. The van der Waals surface area contributed by atoms with Crippen LogP contribution in [0.1, 0.15) is 42.5 Å². The standard InChI is InChI=1S/C24H27ClN4O3S/c1-2-3-6-19(31)7-4-5-13-29-14-12-20-21(15-29)33-23(22(20)26-16-30)28-24(32)27-18-10-8-17(25)9-11-18/h1,8-11,16H,3-7,12-15H2,(H,26,30)(H2,27,28,32). The summed E-state index contributed by atoms with van der Waals surface area (Å²) in [7, 11) is 0. The third kappa shape index (κ3) is 7.32. The second-order valence-electron chi connectivity index (χ2n) is 7.78. The molecule has 9 heteroatoms. The molecule has 0 radical (unpaired) electrons. The van der Waals surface area contributed by atoms with Crippen molar-refractivity contribution in [3.63, 3.8) is 0 Å². The summed E-state index contributed by atoms with van der Waals surface area (Å²) in [6.45, 7) is 2.51. The van der Waals surface area contributed by atoms with Crippen LogP contribution in [0.4, 0.5) is 21.2 Å². The van der Waals surface area contributed by atoms with E-state index in [0.717, 1.165) is 49.3 Å². The van der Waals surface area contributed by atoms with Crippen molar-refractivity contribution in [3.8, 4) is 12.3 Å². The number of nitrogens with zero attached hydrogens (tertiary/aromatic N) is 1. The number of halogens is 1. The Bertz CT molecular complexity index is 1030. The van der Waals surface area contributed by atoms with Crippen LogP contribution in [0.3, 0.4) is 0 Å². The predicted octanol–water partition coefficient (Wildman–Crippen LogP) is 5.12. The fourth-order valence-corrected chi connectivity index (χ4v) is 5.11. The molecule has 0 atom stereocenters. The number of amides is 3. The first-order chi connectivity index (χ1) is 16.0. The van der Waals surface area contributed by atoms with E-state index in [2.05, 4.69) is 26.8 Å². The van der Waals surface area contributed by atoms with E-state index >= 15 is 0 Å². The average molecular weight is 487 g/mol. The quantitative estimate of drug-likeness (QED) is 0.233. The molecule has 7 nitrogen and oxygen atoms in total. The van der Waals surface area contributed by atoms with Crippen LogP contribution in [0.2, 0.25) is 5.02 Å². The van der Waals surface area contributed by atoms with Crippen molar-refractivity contribution in [2.45, 2.75) is 45.1 Å². The largest absolute Gasteiger partial charge is 0.326 e. The number of fused-ring (bicyclic) bond motifs is 1. The molecule has 0 spiro atoms. The van der Waals surface area contributed by atoms with Crippen LogP contribution >= 0.6 is 22.9 Å². The molecule has 2 aromatic rings. The van der Waals surface area contributed by atoms with E-state index in [0.29, 0.717) is 47.1 Å². The second-order valence-corrected chi connectivity index (χ2v) is 9.32. The zero-order valence-corrected chi connectivity index (χ0v) is 19.9. The lowest BCUT2D eigenvalue weighted by molar-refractivity contribution is -0.119. The van der Waals surface area contributed by atoms with Gasteiger partial charge in [-0.05, 0) is 55.6 Å². The van der Waals surface area contributed by atoms with Gasteiger partial charge in [-0.2, -0.15) is 0 Å². The van der Waals surface area contributed by atoms with Gasteiger partial charge in [0, 0.05) is 47.9 Å². The monoisotopic (exact) mass is 486 g/mol. The summed E-state index contributed by atoms with van der Waals surface area (Å²) in [4.78, 5) is 38.9. The van der Waals surface area contributed by atoms with Crippen molar-refractivity contribution < 1.29 is 14.4 Å². The molecule has 1 aliphatic heterocycles. The van der Waals surface area contributed by atoms with Gasteiger partial charge in [-0.1, -0.05) is 11.6 Å². The summed E-state index contributed by atoms with van der Waals surface area (Å²) < 4.78 is 0. The molecule has 0 fully saturated rings. The van der Waals surface area contributed by atoms with Crippen molar-refractivity contribution in [1.29, 1.82) is 0 Å². The highest BCUT2D eigenvalue weighted by atomic mass is 35.5. The zero-order chi connectivity index (χ0) is 23.6. The molecule has 2 heterocycles.